The summed E-state index contributed by atoms with van der Waals surface area (Å²) >= 11 is 2.00. The first-order valence-corrected chi connectivity index (χ1v) is 4.88. The van der Waals surface area contributed by atoms with Crippen LogP contribution < -0.4 is 11.5 Å². The van der Waals surface area contributed by atoms with E-state index in [0.717, 1.165) is 5.56 Å². The Morgan fingerprint density at radius 1 is 1.43 bits per heavy atom. The number of amidine groups is 1. The Hall–Kier alpha value is -1.24. The van der Waals surface area contributed by atoms with Crippen molar-refractivity contribution >= 4 is 34.1 Å². The van der Waals surface area contributed by atoms with Gasteiger partial charge in [0.25, 0.3) is 0 Å². The standard InChI is InChI=1S/C9H10IN3O/c10-6-3-5(1-2-8(6)14)7(11)4-9(12)13/h1-4,14H,11H2,(H3,12,13). The van der Waals surface area contributed by atoms with Crippen LogP contribution in [0.4, 0.5) is 0 Å². The van der Waals surface area contributed by atoms with Crippen molar-refractivity contribution in [1.29, 1.82) is 5.41 Å². The molecule has 0 saturated carbocycles. The highest BCUT2D eigenvalue weighted by atomic mass is 127. The minimum Gasteiger partial charge on any atom is -0.507 e. The van der Waals surface area contributed by atoms with E-state index in [2.05, 4.69) is 0 Å². The molecule has 4 nitrogen and oxygen atoms in total. The van der Waals surface area contributed by atoms with E-state index in [1.165, 1.54) is 6.08 Å². The van der Waals surface area contributed by atoms with Crippen molar-refractivity contribution in [2.45, 2.75) is 0 Å². The van der Waals surface area contributed by atoms with Crippen molar-refractivity contribution < 1.29 is 5.11 Å². The van der Waals surface area contributed by atoms with Crippen LogP contribution in [0.15, 0.2) is 24.3 Å². The Balaban J connectivity index is 3.09. The van der Waals surface area contributed by atoms with E-state index in [9.17, 15) is 5.11 Å². The van der Waals surface area contributed by atoms with Gasteiger partial charge in [-0.3, -0.25) is 5.41 Å². The molecule has 5 heteroatoms. The molecule has 0 bridgehead atoms. The lowest BCUT2D eigenvalue weighted by Gasteiger charge is -2.03. The predicted molar refractivity (Wildman–Crippen MR) is 64.9 cm³/mol. The Morgan fingerprint density at radius 2 is 2.07 bits per heavy atom. The lowest BCUT2D eigenvalue weighted by atomic mass is 10.1. The fraction of sp³-hybridized carbons (Fsp3) is 0. The zero-order valence-electron chi connectivity index (χ0n) is 7.29. The third kappa shape index (κ3) is 2.63. The molecule has 0 aromatic heterocycles. The summed E-state index contributed by atoms with van der Waals surface area (Å²) in [6, 6.07) is 4.95. The second kappa shape index (κ2) is 4.32. The van der Waals surface area contributed by atoms with Gasteiger partial charge in [0, 0.05) is 11.8 Å². The van der Waals surface area contributed by atoms with Crippen molar-refractivity contribution in [1.82, 2.24) is 0 Å². The van der Waals surface area contributed by atoms with Gasteiger partial charge in [0.1, 0.15) is 11.6 Å². The molecular formula is C9H10IN3O. The van der Waals surface area contributed by atoms with Gasteiger partial charge in [0.05, 0.1) is 3.57 Å². The van der Waals surface area contributed by atoms with E-state index in [0.29, 0.717) is 9.27 Å². The molecule has 1 aromatic carbocycles. The molecule has 0 fully saturated rings. The smallest absolute Gasteiger partial charge is 0.128 e. The molecule has 0 radical (unpaired) electrons. The molecule has 0 atom stereocenters. The fourth-order valence-electron chi connectivity index (χ4n) is 0.937. The zero-order valence-corrected chi connectivity index (χ0v) is 9.45. The lowest BCUT2D eigenvalue weighted by molar-refractivity contribution is 0.471. The van der Waals surface area contributed by atoms with Crippen LogP contribution in [0.2, 0.25) is 0 Å². The summed E-state index contributed by atoms with van der Waals surface area (Å²) < 4.78 is 0.708. The number of hydrogen-bond donors (Lipinski definition) is 4. The average Bonchev–Trinajstić information content (AvgIpc) is 2.08. The summed E-state index contributed by atoms with van der Waals surface area (Å²) in [6.07, 6.45) is 1.36. The van der Waals surface area contributed by atoms with Crippen LogP contribution in [-0.2, 0) is 0 Å². The van der Waals surface area contributed by atoms with Crippen LogP contribution >= 0.6 is 22.6 Å². The number of phenols is 1. The van der Waals surface area contributed by atoms with Crippen molar-refractivity contribution in [3.63, 3.8) is 0 Å². The van der Waals surface area contributed by atoms with Crippen LogP contribution in [0.5, 0.6) is 5.75 Å². The van der Waals surface area contributed by atoms with E-state index in [-0.39, 0.29) is 11.6 Å². The molecule has 14 heavy (non-hydrogen) atoms. The highest BCUT2D eigenvalue weighted by Gasteiger charge is 2.01. The maximum absolute atomic E-state index is 9.27. The number of phenolic OH excluding ortho intramolecular Hbond substituents is 1. The van der Waals surface area contributed by atoms with Crippen LogP contribution in [0.1, 0.15) is 5.56 Å². The van der Waals surface area contributed by atoms with E-state index in [1.807, 2.05) is 22.6 Å². The number of rotatable bonds is 2. The minimum atomic E-state index is -0.0921. The number of hydrogen-bond acceptors (Lipinski definition) is 3. The highest BCUT2D eigenvalue weighted by Crippen LogP contribution is 2.22. The predicted octanol–water partition coefficient (Wildman–Crippen LogP) is 1.23. The van der Waals surface area contributed by atoms with Gasteiger partial charge in [-0.1, -0.05) is 0 Å². The van der Waals surface area contributed by atoms with Gasteiger partial charge in [0.15, 0.2) is 0 Å². The van der Waals surface area contributed by atoms with Gasteiger partial charge in [-0.2, -0.15) is 0 Å². The second-order valence-corrected chi connectivity index (χ2v) is 3.88. The molecule has 0 heterocycles. The summed E-state index contributed by atoms with van der Waals surface area (Å²) in [4.78, 5) is 0. The van der Waals surface area contributed by atoms with Crippen LogP contribution in [-0.4, -0.2) is 10.9 Å². The van der Waals surface area contributed by atoms with E-state index >= 15 is 0 Å². The number of nitrogens with one attached hydrogen (secondary N) is 1. The molecule has 0 unspecified atom stereocenters. The summed E-state index contributed by atoms with van der Waals surface area (Å²) in [7, 11) is 0. The number of nitrogens with two attached hydrogens (primary N) is 2. The summed E-state index contributed by atoms with van der Waals surface area (Å²) in [5.74, 6) is 0.121. The topological polar surface area (TPSA) is 96.1 Å². The molecule has 0 spiro atoms. The molecule has 1 aromatic rings. The maximum atomic E-state index is 9.27. The number of benzene rings is 1. The van der Waals surface area contributed by atoms with E-state index in [1.54, 1.807) is 18.2 Å². The van der Waals surface area contributed by atoms with Gasteiger partial charge < -0.3 is 16.6 Å². The first kappa shape index (κ1) is 10.8. The molecule has 0 saturated heterocycles. The second-order valence-electron chi connectivity index (χ2n) is 2.72. The highest BCUT2D eigenvalue weighted by molar-refractivity contribution is 14.1. The Labute approximate surface area is 95.3 Å². The average molecular weight is 303 g/mol. The van der Waals surface area contributed by atoms with Crippen molar-refractivity contribution in [3.05, 3.63) is 33.4 Å². The summed E-state index contributed by atoms with van der Waals surface area (Å²) in [5.41, 5.74) is 12.0. The Kier molecular flexibility index (Phi) is 3.34. The monoisotopic (exact) mass is 303 g/mol. The molecule has 0 aliphatic carbocycles. The number of aromatic hydroxyl groups is 1. The Bertz CT molecular complexity index is 401. The third-order valence-electron chi connectivity index (χ3n) is 1.59. The third-order valence-corrected chi connectivity index (χ3v) is 2.46. The first-order chi connectivity index (χ1) is 6.50. The largest absolute Gasteiger partial charge is 0.507 e. The molecule has 1 rings (SSSR count). The van der Waals surface area contributed by atoms with Gasteiger partial charge in [-0.25, -0.2) is 0 Å². The summed E-state index contributed by atoms with van der Waals surface area (Å²) in [5, 5.41) is 16.3. The minimum absolute atomic E-state index is 0.0921. The van der Waals surface area contributed by atoms with Crippen LogP contribution in [0.25, 0.3) is 5.70 Å². The molecule has 74 valence electrons. The van der Waals surface area contributed by atoms with Crippen molar-refractivity contribution in [2.75, 3.05) is 0 Å². The van der Waals surface area contributed by atoms with Crippen molar-refractivity contribution in [3.8, 4) is 5.75 Å². The van der Waals surface area contributed by atoms with Crippen molar-refractivity contribution in [2.24, 2.45) is 11.5 Å². The van der Waals surface area contributed by atoms with Crippen LogP contribution in [0.3, 0.4) is 0 Å². The molecular weight excluding hydrogens is 293 g/mol. The van der Waals surface area contributed by atoms with Crippen LogP contribution in [0, 0.1) is 8.98 Å². The molecule has 6 N–H and O–H groups in total. The van der Waals surface area contributed by atoms with Gasteiger partial charge in [-0.15, -0.1) is 0 Å². The molecule has 0 amide bonds. The normalized spacial score (nSPS) is 11.4. The van der Waals surface area contributed by atoms with E-state index in [4.69, 9.17) is 16.9 Å². The SMILES string of the molecule is N=C(N)C=C(N)c1ccc(O)c(I)c1. The zero-order chi connectivity index (χ0) is 10.7. The van der Waals surface area contributed by atoms with Gasteiger partial charge in [-0.05, 0) is 46.4 Å². The number of halogens is 1. The quantitative estimate of drug-likeness (QED) is 0.376. The van der Waals surface area contributed by atoms with E-state index < -0.39 is 0 Å². The first-order valence-electron chi connectivity index (χ1n) is 3.81. The maximum Gasteiger partial charge on any atom is 0.128 e. The molecule has 0 aliphatic heterocycles. The van der Waals surface area contributed by atoms with Gasteiger partial charge >= 0.3 is 0 Å². The van der Waals surface area contributed by atoms with Gasteiger partial charge in [0.2, 0.25) is 0 Å². The fourth-order valence-corrected chi connectivity index (χ4v) is 1.45. The molecule has 0 aliphatic rings. The Morgan fingerprint density at radius 3 is 2.57 bits per heavy atom. The summed E-state index contributed by atoms with van der Waals surface area (Å²) in [6.45, 7) is 0. The lowest BCUT2D eigenvalue weighted by Crippen LogP contribution is -2.09.